The Bertz CT molecular complexity index is 952. The van der Waals surface area contributed by atoms with Crippen molar-refractivity contribution in [3.05, 3.63) is 75.4 Å². The van der Waals surface area contributed by atoms with Crippen LogP contribution < -0.4 is 11.1 Å². The van der Waals surface area contributed by atoms with E-state index in [0.717, 1.165) is 0 Å². The molecule has 2 heterocycles. The van der Waals surface area contributed by atoms with Crippen molar-refractivity contribution < 1.29 is 9.21 Å². The molecule has 0 bridgehead atoms. The lowest BCUT2D eigenvalue weighted by molar-refractivity contribution is 0.0955. The van der Waals surface area contributed by atoms with Gasteiger partial charge in [-0.25, -0.2) is 10.2 Å². The van der Waals surface area contributed by atoms with Crippen LogP contribution in [0.15, 0.2) is 63.1 Å². The Labute approximate surface area is 135 Å². The van der Waals surface area contributed by atoms with Gasteiger partial charge in [-0.2, -0.15) is 5.10 Å². The van der Waals surface area contributed by atoms with Crippen molar-refractivity contribution >= 4 is 34.7 Å². The van der Waals surface area contributed by atoms with E-state index in [0.29, 0.717) is 16.5 Å². The monoisotopic (exact) mass is 327 g/mol. The number of pyridine rings is 1. The second-order valence-corrected chi connectivity index (χ2v) is 4.93. The van der Waals surface area contributed by atoms with Crippen LogP contribution in [0.3, 0.4) is 0 Å². The fourth-order valence-electron chi connectivity index (χ4n) is 1.96. The standard InChI is InChI=1S/C16H10ClN3O3/c17-14-11-3-1-2-4-13(11)23-16(22)12(14)9-19-20-15(21)10-5-7-18-8-6-10/h1-9H,(H,20,21)/b19-9+. The number of hydrogen-bond acceptors (Lipinski definition) is 5. The smallest absolute Gasteiger partial charge is 0.346 e. The van der Waals surface area contributed by atoms with Crippen LogP contribution in [0, 0.1) is 0 Å². The van der Waals surface area contributed by atoms with Crippen molar-refractivity contribution in [3.63, 3.8) is 0 Å². The molecule has 1 N–H and O–H groups in total. The van der Waals surface area contributed by atoms with Crippen LogP contribution in [0.4, 0.5) is 0 Å². The predicted octanol–water partition coefficient (Wildman–Crippen LogP) is 2.61. The van der Waals surface area contributed by atoms with Gasteiger partial charge < -0.3 is 4.42 Å². The Morgan fingerprint density at radius 1 is 1.22 bits per heavy atom. The molecule has 7 heteroatoms. The summed E-state index contributed by atoms with van der Waals surface area (Å²) >= 11 is 6.21. The zero-order chi connectivity index (χ0) is 16.2. The quantitative estimate of drug-likeness (QED) is 0.455. The van der Waals surface area contributed by atoms with Gasteiger partial charge in [-0.15, -0.1) is 0 Å². The molecule has 0 aliphatic carbocycles. The van der Waals surface area contributed by atoms with E-state index < -0.39 is 11.5 Å². The summed E-state index contributed by atoms with van der Waals surface area (Å²) in [7, 11) is 0. The van der Waals surface area contributed by atoms with Crippen LogP contribution in [-0.2, 0) is 0 Å². The Hall–Kier alpha value is -2.99. The summed E-state index contributed by atoms with van der Waals surface area (Å²) < 4.78 is 5.16. The molecule has 0 aliphatic rings. The number of nitrogens with one attached hydrogen (secondary N) is 1. The molecule has 0 spiro atoms. The van der Waals surface area contributed by atoms with E-state index in [2.05, 4.69) is 15.5 Å². The Kier molecular flexibility index (Phi) is 4.16. The lowest BCUT2D eigenvalue weighted by Crippen LogP contribution is -2.18. The fraction of sp³-hybridized carbons (Fsp3) is 0. The SMILES string of the molecule is O=C(N/N=C/c1c(Cl)c2ccccc2oc1=O)c1ccncc1. The lowest BCUT2D eigenvalue weighted by atomic mass is 10.2. The number of amides is 1. The zero-order valence-electron chi connectivity index (χ0n) is 11.7. The highest BCUT2D eigenvalue weighted by molar-refractivity contribution is 6.37. The third-order valence-electron chi connectivity index (χ3n) is 3.08. The Morgan fingerprint density at radius 3 is 2.74 bits per heavy atom. The van der Waals surface area contributed by atoms with Gasteiger partial charge in [0.25, 0.3) is 5.91 Å². The van der Waals surface area contributed by atoms with Crippen LogP contribution in [0.1, 0.15) is 15.9 Å². The van der Waals surface area contributed by atoms with Gasteiger partial charge in [0.05, 0.1) is 16.8 Å². The van der Waals surface area contributed by atoms with E-state index in [1.165, 1.54) is 18.6 Å². The van der Waals surface area contributed by atoms with Gasteiger partial charge in [0.2, 0.25) is 0 Å². The summed E-state index contributed by atoms with van der Waals surface area (Å²) in [4.78, 5) is 27.6. The van der Waals surface area contributed by atoms with Crippen molar-refractivity contribution in [1.82, 2.24) is 10.4 Å². The van der Waals surface area contributed by atoms with E-state index >= 15 is 0 Å². The Balaban J connectivity index is 1.87. The maximum atomic E-state index is 11.9. The van der Waals surface area contributed by atoms with Gasteiger partial charge in [0.15, 0.2) is 0 Å². The molecule has 1 amide bonds. The van der Waals surface area contributed by atoms with Crippen molar-refractivity contribution in [2.45, 2.75) is 0 Å². The predicted molar refractivity (Wildman–Crippen MR) is 86.8 cm³/mol. The van der Waals surface area contributed by atoms with Gasteiger partial charge in [-0.05, 0) is 24.3 Å². The number of para-hydroxylation sites is 1. The lowest BCUT2D eigenvalue weighted by Gasteiger charge is -2.02. The number of hydrogen-bond donors (Lipinski definition) is 1. The van der Waals surface area contributed by atoms with E-state index in [4.69, 9.17) is 16.0 Å². The highest BCUT2D eigenvalue weighted by atomic mass is 35.5. The number of aromatic nitrogens is 1. The number of nitrogens with zero attached hydrogens (tertiary/aromatic N) is 2. The number of rotatable bonds is 3. The normalized spacial score (nSPS) is 11.0. The summed E-state index contributed by atoms with van der Waals surface area (Å²) in [5, 5.41) is 4.57. The molecule has 0 unspecified atom stereocenters. The van der Waals surface area contributed by atoms with E-state index in [9.17, 15) is 9.59 Å². The van der Waals surface area contributed by atoms with Gasteiger partial charge in [-0.3, -0.25) is 9.78 Å². The molecule has 2 aromatic heterocycles. The van der Waals surface area contributed by atoms with Crippen molar-refractivity contribution in [1.29, 1.82) is 0 Å². The maximum Gasteiger partial charge on any atom is 0.346 e. The first kappa shape index (κ1) is 14.9. The highest BCUT2D eigenvalue weighted by Gasteiger charge is 2.11. The minimum atomic E-state index is -0.629. The average molecular weight is 328 g/mol. The first-order valence-corrected chi connectivity index (χ1v) is 6.99. The molecule has 0 saturated carbocycles. The minimum Gasteiger partial charge on any atom is -0.422 e. The van der Waals surface area contributed by atoms with Crippen molar-refractivity contribution in [2.75, 3.05) is 0 Å². The number of halogens is 1. The summed E-state index contributed by atoms with van der Waals surface area (Å²) in [6.45, 7) is 0. The van der Waals surface area contributed by atoms with Gasteiger partial charge in [0, 0.05) is 23.3 Å². The molecule has 1 aromatic carbocycles. The maximum absolute atomic E-state index is 11.9. The van der Waals surface area contributed by atoms with Crippen molar-refractivity contribution in [3.8, 4) is 0 Å². The second-order valence-electron chi connectivity index (χ2n) is 4.55. The Morgan fingerprint density at radius 2 is 1.96 bits per heavy atom. The number of carbonyl (C=O) groups is 1. The minimum absolute atomic E-state index is 0.0698. The summed E-state index contributed by atoms with van der Waals surface area (Å²) in [6.07, 6.45) is 4.15. The summed E-state index contributed by atoms with van der Waals surface area (Å²) in [5.74, 6) is -0.426. The van der Waals surface area contributed by atoms with Gasteiger partial charge in [0.1, 0.15) is 5.58 Å². The number of carbonyl (C=O) groups excluding carboxylic acids is 1. The molecule has 3 aromatic rings. The fourth-order valence-corrected chi connectivity index (χ4v) is 2.24. The van der Waals surface area contributed by atoms with E-state index in [1.807, 2.05) is 0 Å². The largest absolute Gasteiger partial charge is 0.422 e. The highest BCUT2D eigenvalue weighted by Crippen LogP contribution is 2.23. The summed E-state index contributed by atoms with van der Waals surface area (Å²) in [5.41, 5.74) is 2.54. The van der Waals surface area contributed by atoms with Gasteiger partial charge >= 0.3 is 5.63 Å². The van der Waals surface area contributed by atoms with Crippen molar-refractivity contribution in [2.24, 2.45) is 5.10 Å². The molecule has 3 rings (SSSR count). The molecule has 0 saturated heterocycles. The molecule has 0 aliphatic heterocycles. The molecule has 0 atom stereocenters. The molecule has 0 radical (unpaired) electrons. The average Bonchev–Trinajstić information content (AvgIpc) is 2.58. The first-order valence-electron chi connectivity index (χ1n) is 6.61. The van der Waals surface area contributed by atoms with Crippen LogP contribution in [0.5, 0.6) is 0 Å². The molecule has 23 heavy (non-hydrogen) atoms. The van der Waals surface area contributed by atoms with Crippen LogP contribution in [0.25, 0.3) is 11.0 Å². The number of benzene rings is 1. The molecule has 114 valence electrons. The topological polar surface area (TPSA) is 84.6 Å². The molecular weight excluding hydrogens is 318 g/mol. The third-order valence-corrected chi connectivity index (χ3v) is 3.49. The number of hydrazone groups is 1. The van der Waals surface area contributed by atoms with Crippen LogP contribution in [0.2, 0.25) is 5.02 Å². The van der Waals surface area contributed by atoms with Gasteiger partial charge in [-0.1, -0.05) is 23.7 Å². The number of fused-ring (bicyclic) bond motifs is 1. The summed E-state index contributed by atoms with van der Waals surface area (Å²) in [6, 6.07) is 9.98. The van der Waals surface area contributed by atoms with E-state index in [1.54, 1.807) is 36.4 Å². The second kappa shape index (κ2) is 6.41. The van der Waals surface area contributed by atoms with E-state index in [-0.39, 0.29) is 10.6 Å². The molecular formula is C16H10ClN3O3. The van der Waals surface area contributed by atoms with Crippen LogP contribution >= 0.6 is 11.6 Å². The third kappa shape index (κ3) is 3.12. The zero-order valence-corrected chi connectivity index (χ0v) is 12.4. The molecule has 0 fully saturated rings. The van der Waals surface area contributed by atoms with Crippen LogP contribution in [-0.4, -0.2) is 17.1 Å². The molecule has 6 nitrogen and oxygen atoms in total. The first-order chi connectivity index (χ1) is 11.2.